The van der Waals surface area contributed by atoms with Crippen LogP contribution in [0.1, 0.15) is 131 Å². The second-order valence-corrected chi connectivity index (χ2v) is 25.2. The summed E-state index contributed by atoms with van der Waals surface area (Å²) in [4.78, 5) is 5.45. The fourth-order valence-electron chi connectivity index (χ4n) is 11.5. The lowest BCUT2D eigenvalue weighted by Gasteiger charge is -2.49. The third-order valence-electron chi connectivity index (χ3n) is 15.6. The topological polar surface area (TPSA) is 6.48 Å². The molecule has 0 N–H and O–H groups in total. The van der Waals surface area contributed by atoms with E-state index in [0.717, 1.165) is 0 Å². The van der Waals surface area contributed by atoms with Gasteiger partial charge in [-0.15, -0.1) is 11.3 Å². The van der Waals surface area contributed by atoms with Crippen molar-refractivity contribution in [1.82, 2.24) is 0 Å². The predicted octanol–water partition coefficient (Wildman–Crippen LogP) is 16.7. The molecule has 4 heteroatoms. The molecule has 0 atom stereocenters. The average molecular weight is 881 g/mol. The Morgan fingerprint density at radius 3 is 1.73 bits per heavy atom. The van der Waals surface area contributed by atoms with Crippen LogP contribution in [-0.4, -0.2) is 6.85 Å². The minimum atomic E-state index is -0.103. The van der Waals surface area contributed by atoms with Gasteiger partial charge in [0.15, 0.2) is 0 Å². The molecule has 0 amide bonds. The van der Waals surface area contributed by atoms with Crippen LogP contribution < -0.4 is 20.6 Å². The molecule has 332 valence electrons. The van der Waals surface area contributed by atoms with Crippen LogP contribution in [0.5, 0.6) is 0 Å². The van der Waals surface area contributed by atoms with Gasteiger partial charge in [0.25, 0.3) is 0 Å². The highest BCUT2D eigenvalue weighted by atomic mass is 32.1. The normalized spacial score (nSPS) is 16.3. The van der Waals surface area contributed by atoms with Crippen LogP contribution in [0.3, 0.4) is 0 Å². The molecule has 0 saturated heterocycles. The number of fused-ring (bicyclic) bond motifs is 9. The molecule has 2 aliphatic heterocycles. The van der Waals surface area contributed by atoms with Gasteiger partial charge in [-0.25, -0.2) is 0 Å². The van der Waals surface area contributed by atoms with Gasteiger partial charge in [-0.3, -0.25) is 0 Å². The molecule has 1 aliphatic carbocycles. The largest absolute Gasteiger partial charge is 0.376 e. The summed E-state index contributed by atoms with van der Waals surface area (Å²) in [5, 5.41) is 2.70. The fourth-order valence-corrected chi connectivity index (χ4v) is 12.6. The van der Waals surface area contributed by atoms with Crippen molar-refractivity contribution in [3.63, 3.8) is 0 Å². The van der Waals surface area contributed by atoms with Gasteiger partial charge in [-0.1, -0.05) is 163 Å². The number of thiophene rings is 1. The monoisotopic (exact) mass is 880 g/mol. The highest BCUT2D eigenvalue weighted by molar-refractivity contribution is 7.26. The summed E-state index contributed by atoms with van der Waals surface area (Å²) in [6.07, 6.45) is 2.34. The Bertz CT molecular complexity index is 3260. The zero-order valence-corrected chi connectivity index (χ0v) is 42.3. The molecule has 0 fully saturated rings. The Balaban J connectivity index is 1.34. The lowest BCUT2D eigenvalue weighted by atomic mass is 9.42. The fraction of sp³-hybridized carbons (Fsp3) is 0.323. The van der Waals surface area contributed by atoms with Crippen molar-refractivity contribution in [2.45, 2.75) is 130 Å². The van der Waals surface area contributed by atoms with Crippen LogP contribution in [0.15, 0.2) is 133 Å². The van der Waals surface area contributed by atoms with Crippen molar-refractivity contribution in [3.8, 4) is 22.3 Å². The SMILES string of the molecule is CC(C)(C)c1ccc(N2B3c4c(cc(C(C)(C)C)cc4N(c4ccc(C(C)(C)C)cc4-c4ccccc4)c4ccc5sc6ccccc6c5c43)-c3cc4c(cc32)C(C)(C)CCC4(C)C)cc1. The summed E-state index contributed by atoms with van der Waals surface area (Å²) in [7, 11) is 0. The van der Waals surface area contributed by atoms with Crippen LogP contribution in [-0.2, 0) is 27.1 Å². The first kappa shape index (κ1) is 43.0. The molecule has 2 nitrogen and oxygen atoms in total. The number of benzene rings is 7. The summed E-state index contributed by atoms with van der Waals surface area (Å²) in [6, 6.07) is 52.5. The van der Waals surface area contributed by atoms with Gasteiger partial charge in [0, 0.05) is 43.3 Å². The van der Waals surface area contributed by atoms with Gasteiger partial charge in [-0.05, 0) is 161 Å². The van der Waals surface area contributed by atoms with E-state index in [9.17, 15) is 0 Å². The van der Waals surface area contributed by atoms with Crippen LogP contribution in [0.25, 0.3) is 42.4 Å². The highest BCUT2D eigenvalue weighted by Gasteiger charge is 2.49. The minimum Gasteiger partial charge on any atom is -0.376 e. The van der Waals surface area contributed by atoms with Crippen molar-refractivity contribution < 1.29 is 0 Å². The van der Waals surface area contributed by atoms with Crippen molar-refractivity contribution >= 4 is 77.7 Å². The molecular formula is C62H65BN2S. The number of anilines is 5. The average Bonchev–Trinajstić information content (AvgIpc) is 3.66. The molecule has 3 heterocycles. The second-order valence-electron chi connectivity index (χ2n) is 24.1. The Morgan fingerprint density at radius 2 is 1.06 bits per heavy atom. The molecule has 1 aromatic heterocycles. The zero-order chi connectivity index (χ0) is 46.5. The van der Waals surface area contributed by atoms with Crippen molar-refractivity contribution in [2.24, 2.45) is 0 Å². The molecule has 66 heavy (non-hydrogen) atoms. The Hall–Kier alpha value is -5.58. The maximum Gasteiger partial charge on any atom is 0.333 e. The van der Waals surface area contributed by atoms with E-state index >= 15 is 0 Å². The maximum absolute atomic E-state index is 2.77. The molecule has 3 aliphatic rings. The summed E-state index contributed by atoms with van der Waals surface area (Å²) in [5.74, 6) is 0. The first-order valence-electron chi connectivity index (χ1n) is 24.3. The standard InChI is InChI=1S/C62H65BN2S/c1-58(2,3)39-23-26-42(27-24-39)65-51-37-48-47(61(10,11)31-32-62(48,12)13)36-45(51)46-34-41(60(7,8)9)35-52-56(46)63(65)57-50(29-30-54-55(57)43-21-17-18-22-53(43)66-54)64(52)49-28-25-40(59(4,5)6)33-44(49)38-19-15-14-16-20-38/h14-30,33-37H,31-32H2,1-13H3. The van der Waals surface area contributed by atoms with E-state index < -0.39 is 0 Å². The van der Waals surface area contributed by atoms with Gasteiger partial charge in [0.1, 0.15) is 0 Å². The lowest BCUT2D eigenvalue weighted by molar-refractivity contribution is 0.332. The van der Waals surface area contributed by atoms with E-state index in [1.54, 1.807) is 0 Å². The van der Waals surface area contributed by atoms with Gasteiger partial charge < -0.3 is 9.71 Å². The summed E-state index contributed by atoms with van der Waals surface area (Å²) >= 11 is 1.93. The highest BCUT2D eigenvalue weighted by Crippen LogP contribution is 2.55. The number of hydrogen-bond acceptors (Lipinski definition) is 3. The predicted molar refractivity (Wildman–Crippen MR) is 290 cm³/mol. The van der Waals surface area contributed by atoms with Gasteiger partial charge in [0.2, 0.25) is 0 Å². The third-order valence-corrected chi connectivity index (χ3v) is 16.7. The van der Waals surface area contributed by atoms with Gasteiger partial charge >= 0.3 is 6.85 Å². The van der Waals surface area contributed by atoms with E-state index in [2.05, 4.69) is 233 Å². The summed E-state index contributed by atoms with van der Waals surface area (Å²) < 4.78 is 2.66. The van der Waals surface area contributed by atoms with E-state index in [1.807, 2.05) is 11.3 Å². The summed E-state index contributed by atoms with van der Waals surface area (Å²) in [5.41, 5.74) is 21.3. The van der Waals surface area contributed by atoms with Gasteiger partial charge in [-0.2, -0.15) is 0 Å². The molecular weight excluding hydrogens is 816 g/mol. The molecule has 0 bridgehead atoms. The van der Waals surface area contributed by atoms with E-state index in [1.165, 1.54) is 122 Å². The van der Waals surface area contributed by atoms with Crippen LogP contribution in [0.2, 0.25) is 0 Å². The maximum atomic E-state index is 2.77. The lowest BCUT2D eigenvalue weighted by Crippen LogP contribution is -2.62. The number of hydrogen-bond donors (Lipinski definition) is 0. The Morgan fingerprint density at radius 1 is 0.470 bits per heavy atom. The zero-order valence-electron chi connectivity index (χ0n) is 41.5. The van der Waals surface area contributed by atoms with Gasteiger partial charge in [0.05, 0.1) is 5.69 Å². The quantitative estimate of drug-likeness (QED) is 0.163. The molecule has 0 saturated carbocycles. The first-order valence-corrected chi connectivity index (χ1v) is 25.2. The summed E-state index contributed by atoms with van der Waals surface area (Å²) in [6.45, 7) is 31.0. The van der Waals surface area contributed by atoms with Crippen LogP contribution in [0, 0.1) is 0 Å². The Labute approximate surface area is 398 Å². The van der Waals surface area contributed by atoms with Crippen LogP contribution in [0.4, 0.5) is 28.4 Å². The molecule has 8 aromatic rings. The van der Waals surface area contributed by atoms with Crippen molar-refractivity contribution in [1.29, 1.82) is 0 Å². The molecule has 0 radical (unpaired) electrons. The Kier molecular flexibility index (Phi) is 9.43. The van der Waals surface area contributed by atoms with E-state index in [-0.39, 0.29) is 33.9 Å². The molecule has 0 spiro atoms. The molecule has 11 rings (SSSR count). The smallest absolute Gasteiger partial charge is 0.333 e. The van der Waals surface area contributed by atoms with Crippen molar-refractivity contribution in [2.75, 3.05) is 9.71 Å². The first-order chi connectivity index (χ1) is 31.1. The van der Waals surface area contributed by atoms with E-state index in [4.69, 9.17) is 0 Å². The molecule has 0 unspecified atom stereocenters. The minimum absolute atomic E-state index is 0.0196. The third kappa shape index (κ3) is 6.63. The van der Waals surface area contributed by atoms with Crippen LogP contribution >= 0.6 is 11.3 Å². The second kappa shape index (κ2) is 14.5. The number of rotatable bonds is 3. The molecule has 7 aromatic carbocycles. The van der Waals surface area contributed by atoms with Crippen molar-refractivity contribution in [3.05, 3.63) is 161 Å². The number of nitrogens with zero attached hydrogens (tertiary/aromatic N) is 2. The van der Waals surface area contributed by atoms with E-state index in [0.29, 0.717) is 0 Å².